The van der Waals surface area contributed by atoms with Crippen molar-refractivity contribution in [2.24, 2.45) is 5.92 Å². The number of hydrogen-bond donors (Lipinski definition) is 1. The Morgan fingerprint density at radius 3 is 2.89 bits per heavy atom. The van der Waals surface area contributed by atoms with Crippen LogP contribution >= 0.6 is 0 Å². The van der Waals surface area contributed by atoms with E-state index in [0.717, 1.165) is 12.3 Å². The number of rotatable bonds is 6. The van der Waals surface area contributed by atoms with Gasteiger partial charge < -0.3 is 10.1 Å². The van der Waals surface area contributed by atoms with Gasteiger partial charge in [0.15, 0.2) is 0 Å². The van der Waals surface area contributed by atoms with E-state index in [2.05, 4.69) is 15.3 Å². The molecule has 98 valence electrons. The highest BCUT2D eigenvalue weighted by molar-refractivity contribution is 5.60. The highest BCUT2D eigenvalue weighted by Gasteiger charge is 2.24. The Hall–Kier alpha value is -1.92. The molecule has 1 aliphatic rings. The van der Waals surface area contributed by atoms with Gasteiger partial charge >= 0.3 is 5.69 Å². The first kappa shape index (κ1) is 12.5. The van der Waals surface area contributed by atoms with Crippen LogP contribution in [0.4, 0.5) is 11.5 Å². The Labute approximate surface area is 105 Å². The zero-order chi connectivity index (χ0) is 13.0. The number of nitrogens with zero attached hydrogens (tertiary/aromatic N) is 3. The van der Waals surface area contributed by atoms with Crippen LogP contribution in [0.2, 0.25) is 0 Å². The van der Waals surface area contributed by atoms with Gasteiger partial charge in [-0.1, -0.05) is 19.3 Å². The molecule has 1 aromatic heterocycles. The van der Waals surface area contributed by atoms with Crippen LogP contribution in [-0.2, 0) is 0 Å². The molecule has 0 aromatic carbocycles. The van der Waals surface area contributed by atoms with E-state index in [9.17, 15) is 10.1 Å². The maximum absolute atomic E-state index is 11.0. The molecule has 1 heterocycles. The minimum Gasteiger partial charge on any atom is -0.476 e. The van der Waals surface area contributed by atoms with E-state index in [1.165, 1.54) is 32.7 Å². The molecule has 0 radical (unpaired) electrons. The SMILES string of the molecule is COc1ncnc(NCCC2CCC2)c1[N+](=O)[O-]. The summed E-state index contributed by atoms with van der Waals surface area (Å²) in [5.74, 6) is 0.965. The van der Waals surface area contributed by atoms with Crippen LogP contribution < -0.4 is 10.1 Å². The molecule has 1 N–H and O–H groups in total. The topological polar surface area (TPSA) is 90.2 Å². The van der Waals surface area contributed by atoms with E-state index in [-0.39, 0.29) is 17.4 Å². The molecule has 1 fully saturated rings. The van der Waals surface area contributed by atoms with Crippen LogP contribution in [0.25, 0.3) is 0 Å². The lowest BCUT2D eigenvalue weighted by Crippen LogP contribution is -2.16. The second-order valence-corrected chi connectivity index (χ2v) is 4.35. The average Bonchev–Trinajstić information content (AvgIpc) is 2.31. The third kappa shape index (κ3) is 2.66. The fourth-order valence-electron chi connectivity index (χ4n) is 1.98. The summed E-state index contributed by atoms with van der Waals surface area (Å²) in [6.45, 7) is 0.686. The molecule has 0 atom stereocenters. The first-order valence-corrected chi connectivity index (χ1v) is 5.99. The average molecular weight is 252 g/mol. The maximum Gasteiger partial charge on any atom is 0.372 e. The zero-order valence-electron chi connectivity index (χ0n) is 10.3. The van der Waals surface area contributed by atoms with Crippen molar-refractivity contribution in [2.75, 3.05) is 19.0 Å². The normalized spacial score (nSPS) is 14.9. The Morgan fingerprint density at radius 2 is 2.33 bits per heavy atom. The van der Waals surface area contributed by atoms with Gasteiger partial charge in [-0.15, -0.1) is 0 Å². The number of anilines is 1. The van der Waals surface area contributed by atoms with Crippen molar-refractivity contribution in [2.45, 2.75) is 25.7 Å². The molecule has 0 amide bonds. The number of methoxy groups -OCH3 is 1. The molecular formula is C11H16N4O3. The molecule has 1 aliphatic carbocycles. The smallest absolute Gasteiger partial charge is 0.372 e. The summed E-state index contributed by atoms with van der Waals surface area (Å²) in [6, 6.07) is 0. The molecule has 1 aromatic rings. The molecule has 0 unspecified atom stereocenters. The molecule has 2 rings (SSSR count). The number of hydrogen-bond acceptors (Lipinski definition) is 6. The van der Waals surface area contributed by atoms with Crippen molar-refractivity contribution in [1.29, 1.82) is 0 Å². The van der Waals surface area contributed by atoms with Gasteiger partial charge in [0.2, 0.25) is 5.82 Å². The Kier molecular flexibility index (Phi) is 3.91. The summed E-state index contributed by atoms with van der Waals surface area (Å²) in [7, 11) is 1.35. The van der Waals surface area contributed by atoms with Crippen molar-refractivity contribution in [3.8, 4) is 5.88 Å². The highest BCUT2D eigenvalue weighted by atomic mass is 16.6. The van der Waals surface area contributed by atoms with Crippen molar-refractivity contribution in [3.63, 3.8) is 0 Å². The first-order chi connectivity index (χ1) is 8.72. The third-order valence-electron chi connectivity index (χ3n) is 3.23. The lowest BCUT2D eigenvalue weighted by Gasteiger charge is -2.25. The van der Waals surface area contributed by atoms with E-state index >= 15 is 0 Å². The monoisotopic (exact) mass is 252 g/mol. The molecule has 0 spiro atoms. The van der Waals surface area contributed by atoms with Crippen LogP contribution in [0.15, 0.2) is 6.33 Å². The Balaban J connectivity index is 2.03. The second kappa shape index (κ2) is 5.61. The fourth-order valence-corrected chi connectivity index (χ4v) is 1.98. The van der Waals surface area contributed by atoms with Crippen LogP contribution in [0, 0.1) is 16.0 Å². The highest BCUT2D eigenvalue weighted by Crippen LogP contribution is 2.32. The van der Waals surface area contributed by atoms with Gasteiger partial charge in [0.05, 0.1) is 12.0 Å². The van der Waals surface area contributed by atoms with Gasteiger partial charge in [-0.25, -0.2) is 4.98 Å². The summed E-state index contributed by atoms with van der Waals surface area (Å²) in [4.78, 5) is 18.1. The quantitative estimate of drug-likeness (QED) is 0.615. The van der Waals surface area contributed by atoms with Crippen molar-refractivity contribution in [3.05, 3.63) is 16.4 Å². The second-order valence-electron chi connectivity index (χ2n) is 4.35. The van der Waals surface area contributed by atoms with Gasteiger partial charge in [0.1, 0.15) is 6.33 Å². The first-order valence-electron chi connectivity index (χ1n) is 5.99. The molecule has 7 nitrogen and oxygen atoms in total. The van der Waals surface area contributed by atoms with Crippen LogP contribution in [-0.4, -0.2) is 28.5 Å². The molecule has 1 saturated carbocycles. The van der Waals surface area contributed by atoms with Gasteiger partial charge in [-0.3, -0.25) is 10.1 Å². The number of nitro groups is 1. The van der Waals surface area contributed by atoms with Crippen LogP contribution in [0.1, 0.15) is 25.7 Å². The van der Waals surface area contributed by atoms with E-state index in [1.54, 1.807) is 0 Å². The molecule has 0 saturated heterocycles. The maximum atomic E-state index is 11.0. The number of nitrogens with one attached hydrogen (secondary N) is 1. The molecule has 18 heavy (non-hydrogen) atoms. The van der Waals surface area contributed by atoms with E-state index < -0.39 is 4.92 Å². The minimum absolute atomic E-state index is 0.0128. The Morgan fingerprint density at radius 1 is 1.56 bits per heavy atom. The number of ether oxygens (including phenoxy) is 1. The van der Waals surface area contributed by atoms with Gasteiger partial charge in [0, 0.05) is 6.54 Å². The minimum atomic E-state index is -0.523. The Bertz CT molecular complexity index is 434. The van der Waals surface area contributed by atoms with E-state index in [0.29, 0.717) is 6.54 Å². The predicted octanol–water partition coefficient (Wildman–Crippen LogP) is 2.00. The summed E-state index contributed by atoms with van der Waals surface area (Å²) in [6.07, 6.45) is 6.10. The molecular weight excluding hydrogens is 236 g/mol. The molecule has 0 bridgehead atoms. The van der Waals surface area contributed by atoms with Gasteiger partial charge in [-0.2, -0.15) is 4.98 Å². The van der Waals surface area contributed by atoms with Crippen molar-refractivity contribution < 1.29 is 9.66 Å². The molecule has 0 aliphatic heterocycles. The van der Waals surface area contributed by atoms with Gasteiger partial charge in [0.25, 0.3) is 5.88 Å². The lowest BCUT2D eigenvalue weighted by atomic mass is 9.83. The lowest BCUT2D eigenvalue weighted by molar-refractivity contribution is -0.385. The summed E-state index contributed by atoms with van der Waals surface area (Å²) >= 11 is 0. The summed E-state index contributed by atoms with van der Waals surface area (Å²) in [5.41, 5.74) is -0.200. The van der Waals surface area contributed by atoms with Crippen molar-refractivity contribution >= 4 is 11.5 Å². The standard InChI is InChI=1S/C11H16N4O3/c1-18-11-9(15(16)17)10(13-7-14-11)12-6-5-8-3-2-4-8/h7-8H,2-6H2,1H3,(H,12,13,14). The van der Waals surface area contributed by atoms with Crippen molar-refractivity contribution in [1.82, 2.24) is 9.97 Å². The van der Waals surface area contributed by atoms with Gasteiger partial charge in [-0.05, 0) is 12.3 Å². The zero-order valence-corrected chi connectivity index (χ0v) is 10.3. The molecule has 7 heteroatoms. The third-order valence-corrected chi connectivity index (χ3v) is 3.23. The van der Waals surface area contributed by atoms with Crippen LogP contribution in [0.5, 0.6) is 5.88 Å². The largest absolute Gasteiger partial charge is 0.476 e. The van der Waals surface area contributed by atoms with E-state index in [4.69, 9.17) is 4.74 Å². The number of aromatic nitrogens is 2. The summed E-state index contributed by atoms with van der Waals surface area (Å²) in [5, 5.41) is 14.0. The fraction of sp³-hybridized carbons (Fsp3) is 0.636. The predicted molar refractivity (Wildman–Crippen MR) is 65.7 cm³/mol. The summed E-state index contributed by atoms with van der Waals surface area (Å²) < 4.78 is 4.87. The van der Waals surface area contributed by atoms with E-state index in [1.807, 2.05) is 0 Å². The van der Waals surface area contributed by atoms with Crippen LogP contribution in [0.3, 0.4) is 0 Å².